The van der Waals surface area contributed by atoms with E-state index < -0.39 is 7.12 Å². The molecule has 4 rings (SSSR count). The molecule has 1 aliphatic rings. The highest BCUT2D eigenvalue weighted by atomic mass is 16.7. The second-order valence-corrected chi connectivity index (χ2v) is 8.05. The van der Waals surface area contributed by atoms with Gasteiger partial charge in [0.2, 0.25) is 0 Å². The second-order valence-electron chi connectivity index (χ2n) is 8.05. The summed E-state index contributed by atoms with van der Waals surface area (Å²) in [5.41, 5.74) is 3.40. The number of fused-ring (bicyclic) bond motifs is 1. The summed E-state index contributed by atoms with van der Waals surface area (Å²) in [4.78, 5) is 4.60. The van der Waals surface area contributed by atoms with E-state index in [4.69, 9.17) is 9.31 Å². The van der Waals surface area contributed by atoms with Crippen LogP contribution in [0.2, 0.25) is 0 Å². The maximum atomic E-state index is 6.25. The maximum Gasteiger partial charge on any atom is 0.495 e. The van der Waals surface area contributed by atoms with Crippen LogP contribution in [0.15, 0.2) is 36.5 Å². The number of aromatic nitrogens is 3. The largest absolute Gasteiger partial charge is 0.495 e. The lowest BCUT2D eigenvalue weighted by molar-refractivity contribution is 0.00578. The number of nitrogens with zero attached hydrogens (tertiary/aromatic N) is 3. The Hall–Kier alpha value is -2.18. The first-order valence-corrected chi connectivity index (χ1v) is 8.96. The smallest absolute Gasteiger partial charge is 0.399 e. The highest BCUT2D eigenvalue weighted by Crippen LogP contribution is 2.37. The van der Waals surface area contributed by atoms with Crippen molar-refractivity contribution < 1.29 is 9.31 Å². The average molecular weight is 349 g/mol. The van der Waals surface area contributed by atoms with Gasteiger partial charge in [0.25, 0.3) is 0 Å². The first-order valence-electron chi connectivity index (χ1n) is 8.96. The van der Waals surface area contributed by atoms with Crippen molar-refractivity contribution in [2.75, 3.05) is 0 Å². The topological polar surface area (TPSA) is 49.2 Å². The van der Waals surface area contributed by atoms with Gasteiger partial charge in [-0.05, 0) is 71.3 Å². The maximum absolute atomic E-state index is 6.25. The molecular weight excluding hydrogens is 325 g/mol. The van der Waals surface area contributed by atoms with E-state index in [9.17, 15) is 0 Å². The summed E-state index contributed by atoms with van der Waals surface area (Å²) in [5.74, 6) is 0.809. The Morgan fingerprint density at radius 3 is 2.35 bits per heavy atom. The van der Waals surface area contributed by atoms with E-state index in [0.717, 1.165) is 33.4 Å². The van der Waals surface area contributed by atoms with Crippen LogP contribution in [0.1, 0.15) is 39.0 Å². The number of aryl methyl sites for hydroxylation is 2. The minimum Gasteiger partial charge on any atom is -0.399 e. The van der Waals surface area contributed by atoms with Gasteiger partial charge in [-0.1, -0.05) is 11.6 Å². The molecule has 0 radical (unpaired) electrons. The molecule has 1 saturated heterocycles. The molecule has 6 heteroatoms. The Morgan fingerprint density at radius 2 is 1.69 bits per heavy atom. The number of hydrogen-bond donors (Lipinski definition) is 0. The Labute approximate surface area is 154 Å². The lowest BCUT2D eigenvalue weighted by atomic mass is 9.76. The molecule has 0 unspecified atom stereocenters. The third-order valence-corrected chi connectivity index (χ3v) is 5.55. The van der Waals surface area contributed by atoms with Crippen LogP contribution in [0.25, 0.3) is 16.7 Å². The Balaban J connectivity index is 1.83. The molecule has 0 atom stereocenters. The molecule has 3 heterocycles. The highest BCUT2D eigenvalue weighted by Gasteiger charge is 2.52. The van der Waals surface area contributed by atoms with Gasteiger partial charge >= 0.3 is 7.12 Å². The molecule has 0 N–H and O–H groups in total. The predicted molar refractivity (Wildman–Crippen MR) is 104 cm³/mol. The van der Waals surface area contributed by atoms with Crippen LogP contribution in [0.5, 0.6) is 0 Å². The van der Waals surface area contributed by atoms with Crippen molar-refractivity contribution in [2.24, 2.45) is 0 Å². The monoisotopic (exact) mass is 349 g/mol. The van der Waals surface area contributed by atoms with Crippen LogP contribution < -0.4 is 5.46 Å². The lowest BCUT2D eigenvalue weighted by Gasteiger charge is -2.32. The van der Waals surface area contributed by atoms with E-state index in [1.54, 1.807) is 0 Å². The molecule has 2 aromatic heterocycles. The fourth-order valence-electron chi connectivity index (χ4n) is 3.26. The van der Waals surface area contributed by atoms with Crippen molar-refractivity contribution in [1.29, 1.82) is 0 Å². The summed E-state index contributed by atoms with van der Waals surface area (Å²) in [6.07, 6.45) is 1.88. The molecule has 0 spiro atoms. The van der Waals surface area contributed by atoms with Gasteiger partial charge in [-0.25, -0.2) is 9.67 Å². The van der Waals surface area contributed by atoms with Gasteiger partial charge in [0, 0.05) is 11.1 Å². The average Bonchev–Trinajstić information content (AvgIpc) is 3.04. The van der Waals surface area contributed by atoms with Crippen molar-refractivity contribution in [2.45, 2.75) is 52.7 Å². The molecule has 0 aliphatic carbocycles. The normalized spacial score (nSPS) is 18.6. The summed E-state index contributed by atoms with van der Waals surface area (Å²) in [6.45, 7) is 12.4. The second kappa shape index (κ2) is 5.66. The van der Waals surface area contributed by atoms with Gasteiger partial charge in [-0.3, -0.25) is 0 Å². The van der Waals surface area contributed by atoms with E-state index in [1.807, 2.05) is 36.0 Å². The summed E-state index contributed by atoms with van der Waals surface area (Å²) < 4.78 is 14.4. The fourth-order valence-corrected chi connectivity index (χ4v) is 3.26. The SMILES string of the molecule is Cc1cccc(-n2ncc3cc(C)c(B4OC(C)(C)C(C)(C)O4)cc32)n1. The fraction of sp³-hybridized carbons (Fsp3) is 0.400. The molecule has 26 heavy (non-hydrogen) atoms. The van der Waals surface area contributed by atoms with Crippen molar-refractivity contribution in [3.8, 4) is 5.82 Å². The van der Waals surface area contributed by atoms with Crippen LogP contribution in [0, 0.1) is 13.8 Å². The van der Waals surface area contributed by atoms with Gasteiger partial charge in [-0.2, -0.15) is 5.10 Å². The molecule has 1 aliphatic heterocycles. The van der Waals surface area contributed by atoms with Gasteiger partial charge in [0.15, 0.2) is 5.82 Å². The zero-order chi connectivity index (χ0) is 18.7. The summed E-state index contributed by atoms with van der Waals surface area (Å²) in [6, 6.07) is 10.2. The van der Waals surface area contributed by atoms with Gasteiger partial charge in [0.05, 0.1) is 22.9 Å². The first kappa shape index (κ1) is 17.2. The standard InChI is InChI=1S/C20H24BN3O2/c1-13-10-15-12-22-24(18-9-7-8-14(2)23-18)17(15)11-16(13)21-25-19(3,4)20(5,6)26-21/h7-12H,1-6H3. The van der Waals surface area contributed by atoms with Crippen LogP contribution in [-0.2, 0) is 9.31 Å². The van der Waals surface area contributed by atoms with Crippen LogP contribution in [-0.4, -0.2) is 33.1 Å². The van der Waals surface area contributed by atoms with Gasteiger partial charge in [0.1, 0.15) is 0 Å². The number of rotatable bonds is 2. The van der Waals surface area contributed by atoms with Gasteiger partial charge in [-0.15, -0.1) is 0 Å². The van der Waals surface area contributed by atoms with Crippen molar-refractivity contribution in [3.05, 3.63) is 47.8 Å². The summed E-state index contributed by atoms with van der Waals surface area (Å²) in [5, 5.41) is 5.62. The minimum absolute atomic E-state index is 0.364. The Morgan fingerprint density at radius 1 is 1.00 bits per heavy atom. The molecule has 0 amide bonds. The Bertz CT molecular complexity index is 978. The van der Waals surface area contributed by atoms with E-state index >= 15 is 0 Å². The lowest BCUT2D eigenvalue weighted by Crippen LogP contribution is -2.41. The van der Waals surface area contributed by atoms with Crippen LogP contribution in [0.3, 0.4) is 0 Å². The number of hydrogen-bond acceptors (Lipinski definition) is 4. The molecule has 0 bridgehead atoms. The highest BCUT2D eigenvalue weighted by molar-refractivity contribution is 6.63. The molecular formula is C20H24BN3O2. The quantitative estimate of drug-likeness (QED) is 0.666. The first-order chi connectivity index (χ1) is 12.2. The molecule has 1 aromatic carbocycles. The van der Waals surface area contributed by atoms with Gasteiger partial charge < -0.3 is 9.31 Å². The van der Waals surface area contributed by atoms with Crippen molar-refractivity contribution in [3.63, 3.8) is 0 Å². The molecule has 134 valence electrons. The van der Waals surface area contributed by atoms with E-state index in [1.165, 1.54) is 0 Å². The Kier molecular flexibility index (Phi) is 3.76. The summed E-state index contributed by atoms with van der Waals surface area (Å²) in [7, 11) is -0.391. The zero-order valence-corrected chi connectivity index (χ0v) is 16.2. The van der Waals surface area contributed by atoms with E-state index in [2.05, 4.69) is 56.8 Å². The molecule has 0 saturated carbocycles. The van der Waals surface area contributed by atoms with E-state index in [0.29, 0.717) is 0 Å². The summed E-state index contributed by atoms with van der Waals surface area (Å²) >= 11 is 0. The van der Waals surface area contributed by atoms with Crippen LogP contribution >= 0.6 is 0 Å². The van der Waals surface area contributed by atoms with E-state index in [-0.39, 0.29) is 11.2 Å². The van der Waals surface area contributed by atoms with Crippen LogP contribution in [0.4, 0.5) is 0 Å². The third kappa shape index (κ3) is 2.64. The zero-order valence-electron chi connectivity index (χ0n) is 16.2. The molecule has 3 aromatic rings. The molecule has 5 nitrogen and oxygen atoms in total. The van der Waals surface area contributed by atoms with Crippen molar-refractivity contribution >= 4 is 23.5 Å². The predicted octanol–water partition coefficient (Wildman–Crippen LogP) is 3.34. The number of pyridine rings is 1. The molecule has 1 fully saturated rings. The van der Waals surface area contributed by atoms with Crippen molar-refractivity contribution in [1.82, 2.24) is 14.8 Å². The third-order valence-electron chi connectivity index (χ3n) is 5.55. The number of benzene rings is 1. The minimum atomic E-state index is -0.391.